The van der Waals surface area contributed by atoms with Gasteiger partial charge in [0.2, 0.25) is 0 Å². The van der Waals surface area contributed by atoms with E-state index in [-0.39, 0.29) is 18.4 Å². The summed E-state index contributed by atoms with van der Waals surface area (Å²) >= 11 is 0. The van der Waals surface area contributed by atoms with E-state index in [1.165, 1.54) is 7.11 Å². The molecule has 1 heterocycles. The smallest absolute Gasteiger partial charge is 0.319 e. The van der Waals surface area contributed by atoms with Crippen LogP contribution in [0.1, 0.15) is 13.3 Å². The summed E-state index contributed by atoms with van der Waals surface area (Å²) in [4.78, 5) is 22.7. The Morgan fingerprint density at radius 1 is 1.45 bits per heavy atom. The molecule has 112 valence electrons. The van der Waals surface area contributed by atoms with E-state index in [0.29, 0.717) is 18.8 Å². The topological polar surface area (TPSA) is 94.5 Å². The van der Waals surface area contributed by atoms with Crippen LogP contribution >= 0.6 is 0 Å². The normalized spacial score (nSPS) is 11.8. The van der Waals surface area contributed by atoms with Crippen LogP contribution in [0.5, 0.6) is 0 Å². The van der Waals surface area contributed by atoms with Crippen LogP contribution in [-0.2, 0) is 20.8 Å². The molecule has 1 atom stereocenters. The molecule has 1 aromatic rings. The molecule has 8 heteroatoms. The van der Waals surface area contributed by atoms with Crippen molar-refractivity contribution in [1.82, 2.24) is 15.1 Å². The van der Waals surface area contributed by atoms with Gasteiger partial charge in [-0.1, -0.05) is 0 Å². The van der Waals surface area contributed by atoms with E-state index in [1.807, 2.05) is 0 Å². The van der Waals surface area contributed by atoms with Gasteiger partial charge >= 0.3 is 12.0 Å². The molecule has 0 fully saturated rings. The Kier molecular flexibility index (Phi) is 6.51. The molecule has 0 aliphatic carbocycles. The Morgan fingerprint density at radius 2 is 2.20 bits per heavy atom. The number of nitrogens with zero attached hydrogens (tertiary/aromatic N) is 2. The quantitative estimate of drug-likeness (QED) is 0.715. The highest BCUT2D eigenvalue weighted by Crippen LogP contribution is 2.04. The average molecular weight is 284 g/mol. The Bertz CT molecular complexity index is 446. The summed E-state index contributed by atoms with van der Waals surface area (Å²) in [5, 5.41) is 9.34. The van der Waals surface area contributed by atoms with E-state index in [9.17, 15) is 9.59 Å². The minimum atomic E-state index is -0.396. The van der Waals surface area contributed by atoms with Gasteiger partial charge in [-0.2, -0.15) is 5.10 Å². The molecule has 0 unspecified atom stereocenters. The molecular formula is C12H20N4O4. The lowest BCUT2D eigenvalue weighted by molar-refractivity contribution is -0.141. The molecule has 0 aromatic carbocycles. The Balaban J connectivity index is 2.38. The van der Waals surface area contributed by atoms with E-state index in [4.69, 9.17) is 4.74 Å². The minimum Gasteiger partial charge on any atom is -0.469 e. The van der Waals surface area contributed by atoms with Gasteiger partial charge in [-0.15, -0.1) is 0 Å². The van der Waals surface area contributed by atoms with Crippen LogP contribution in [0, 0.1) is 0 Å². The van der Waals surface area contributed by atoms with Crippen LogP contribution in [0.2, 0.25) is 0 Å². The van der Waals surface area contributed by atoms with Crippen molar-refractivity contribution in [2.75, 3.05) is 26.1 Å². The fraction of sp³-hybridized carbons (Fsp3) is 0.583. The van der Waals surface area contributed by atoms with Crippen LogP contribution in [-0.4, -0.2) is 48.6 Å². The molecule has 0 saturated carbocycles. The van der Waals surface area contributed by atoms with Gasteiger partial charge in [0.25, 0.3) is 0 Å². The molecule has 0 aliphatic rings. The first-order valence-corrected chi connectivity index (χ1v) is 6.21. The molecule has 20 heavy (non-hydrogen) atoms. The maximum absolute atomic E-state index is 11.7. The van der Waals surface area contributed by atoms with Crippen molar-refractivity contribution in [1.29, 1.82) is 0 Å². The lowest BCUT2D eigenvalue weighted by Crippen LogP contribution is -2.37. The Hall–Kier alpha value is -2.09. The third-order valence-electron chi connectivity index (χ3n) is 2.49. The van der Waals surface area contributed by atoms with Gasteiger partial charge in [0.15, 0.2) is 0 Å². The van der Waals surface area contributed by atoms with Crippen LogP contribution in [0.25, 0.3) is 0 Å². The first kappa shape index (κ1) is 16.0. The highest BCUT2D eigenvalue weighted by molar-refractivity contribution is 5.89. The maximum atomic E-state index is 11.7. The molecule has 2 N–H and O–H groups in total. The second kappa shape index (κ2) is 8.16. The molecule has 1 rings (SSSR count). The van der Waals surface area contributed by atoms with Gasteiger partial charge in [-0.05, 0) is 6.92 Å². The van der Waals surface area contributed by atoms with Gasteiger partial charge < -0.3 is 20.1 Å². The number of hydrogen-bond acceptors (Lipinski definition) is 5. The zero-order valence-corrected chi connectivity index (χ0v) is 11.9. The first-order chi connectivity index (χ1) is 9.55. The summed E-state index contributed by atoms with van der Waals surface area (Å²) in [5.74, 6) is -0.370. The molecule has 2 amide bonds. The first-order valence-electron chi connectivity index (χ1n) is 6.21. The molecular weight excluding hydrogens is 264 g/mol. The van der Waals surface area contributed by atoms with Crippen molar-refractivity contribution < 1.29 is 19.1 Å². The van der Waals surface area contributed by atoms with E-state index in [1.54, 1.807) is 31.1 Å². The van der Waals surface area contributed by atoms with E-state index >= 15 is 0 Å². The van der Waals surface area contributed by atoms with Crippen LogP contribution < -0.4 is 10.6 Å². The van der Waals surface area contributed by atoms with Crippen molar-refractivity contribution >= 4 is 17.7 Å². The summed E-state index contributed by atoms with van der Waals surface area (Å²) < 4.78 is 11.1. The second-order valence-corrected chi connectivity index (χ2v) is 4.26. The summed E-state index contributed by atoms with van der Waals surface area (Å²) in [5.41, 5.74) is 0.573. The molecule has 0 spiro atoms. The van der Waals surface area contributed by atoms with Crippen molar-refractivity contribution in [2.24, 2.45) is 0 Å². The van der Waals surface area contributed by atoms with Gasteiger partial charge in [0, 0.05) is 19.3 Å². The van der Waals surface area contributed by atoms with Gasteiger partial charge in [0.05, 0.1) is 38.6 Å². The number of esters is 1. The summed E-state index contributed by atoms with van der Waals surface area (Å²) in [6, 6.07) is -0.710. The Labute approximate surface area is 117 Å². The fourth-order valence-electron chi connectivity index (χ4n) is 1.51. The van der Waals surface area contributed by atoms with Crippen molar-refractivity contribution in [3.63, 3.8) is 0 Å². The number of ether oxygens (including phenoxy) is 2. The largest absolute Gasteiger partial charge is 0.469 e. The standard InChI is InChI=1S/C12H20N4O4/c1-9(6-11(17)20-3)14-12(18)15-10-7-13-16(8-10)4-5-19-2/h7-9H,4-6H2,1-3H3,(H2,14,15,18)/t9-/m0/s1. The molecule has 0 aliphatic heterocycles. The molecule has 0 saturated heterocycles. The van der Waals surface area contributed by atoms with Crippen LogP contribution in [0.3, 0.4) is 0 Å². The SMILES string of the molecule is COCCn1cc(NC(=O)N[C@@H](C)CC(=O)OC)cn1. The highest BCUT2D eigenvalue weighted by Gasteiger charge is 2.12. The molecule has 0 bridgehead atoms. The third-order valence-corrected chi connectivity index (χ3v) is 2.49. The Morgan fingerprint density at radius 3 is 2.85 bits per heavy atom. The van der Waals surface area contributed by atoms with Gasteiger partial charge in [0.1, 0.15) is 0 Å². The van der Waals surface area contributed by atoms with E-state index in [0.717, 1.165) is 0 Å². The zero-order chi connectivity index (χ0) is 15.0. The third kappa shape index (κ3) is 5.70. The number of amides is 2. The minimum absolute atomic E-state index is 0.122. The number of carbonyl (C=O) groups excluding carboxylic acids is 2. The van der Waals surface area contributed by atoms with Crippen LogP contribution in [0.15, 0.2) is 12.4 Å². The molecule has 0 radical (unpaired) electrons. The zero-order valence-electron chi connectivity index (χ0n) is 11.9. The number of urea groups is 1. The summed E-state index contributed by atoms with van der Waals surface area (Å²) in [6.45, 7) is 2.88. The predicted octanol–water partition coefficient (Wildman–Crippen LogP) is 0.603. The molecule has 1 aromatic heterocycles. The lowest BCUT2D eigenvalue weighted by Gasteiger charge is -2.12. The van der Waals surface area contributed by atoms with E-state index in [2.05, 4.69) is 20.5 Å². The number of aromatic nitrogens is 2. The van der Waals surface area contributed by atoms with Crippen molar-refractivity contribution in [2.45, 2.75) is 25.9 Å². The number of carbonyl (C=O) groups is 2. The number of nitrogens with one attached hydrogen (secondary N) is 2. The average Bonchev–Trinajstić information content (AvgIpc) is 2.83. The lowest BCUT2D eigenvalue weighted by atomic mass is 10.2. The number of rotatable bonds is 7. The summed E-state index contributed by atoms with van der Waals surface area (Å²) in [6.07, 6.45) is 3.36. The fourth-order valence-corrected chi connectivity index (χ4v) is 1.51. The van der Waals surface area contributed by atoms with Gasteiger partial charge in [-0.3, -0.25) is 9.48 Å². The monoisotopic (exact) mass is 284 g/mol. The molecule has 8 nitrogen and oxygen atoms in total. The second-order valence-electron chi connectivity index (χ2n) is 4.26. The number of methoxy groups -OCH3 is 2. The van der Waals surface area contributed by atoms with Crippen molar-refractivity contribution in [3.05, 3.63) is 12.4 Å². The van der Waals surface area contributed by atoms with Gasteiger partial charge in [-0.25, -0.2) is 4.79 Å². The highest BCUT2D eigenvalue weighted by atomic mass is 16.5. The predicted molar refractivity (Wildman–Crippen MR) is 72.4 cm³/mol. The van der Waals surface area contributed by atoms with E-state index < -0.39 is 6.03 Å². The maximum Gasteiger partial charge on any atom is 0.319 e. The number of anilines is 1. The van der Waals surface area contributed by atoms with Crippen molar-refractivity contribution in [3.8, 4) is 0 Å². The summed E-state index contributed by atoms with van der Waals surface area (Å²) in [7, 11) is 2.92. The number of hydrogen-bond donors (Lipinski definition) is 2. The van der Waals surface area contributed by atoms with Crippen LogP contribution in [0.4, 0.5) is 10.5 Å².